The van der Waals surface area contributed by atoms with E-state index in [9.17, 15) is 13.2 Å². The van der Waals surface area contributed by atoms with E-state index >= 15 is 0 Å². The molecule has 1 amide bonds. The largest absolute Gasteiger partial charge is 0.495 e. The normalized spacial score (nSPS) is 14.8. The molecule has 1 saturated heterocycles. The smallest absolute Gasteiger partial charge is 0.255 e. The molecule has 2 aromatic carbocycles. The molecule has 2 aromatic rings. The topological polar surface area (TPSA) is 79.0 Å². The van der Waals surface area contributed by atoms with E-state index in [1.165, 1.54) is 36.4 Å². The molecule has 1 N–H and O–H groups in total. The van der Waals surface area contributed by atoms with Crippen molar-refractivity contribution in [3.63, 3.8) is 0 Å². The Bertz CT molecular complexity index is 1080. The Kier molecular flexibility index (Phi) is 8.62. The molecule has 1 fully saturated rings. The predicted octanol–water partition coefficient (Wildman–Crippen LogP) is 5.01. The molecule has 0 spiro atoms. The minimum atomic E-state index is -3.81. The van der Waals surface area contributed by atoms with Crippen LogP contribution in [-0.2, 0) is 10.0 Å². The Hall–Kier alpha value is -2.29. The van der Waals surface area contributed by atoms with Gasteiger partial charge in [0, 0.05) is 36.8 Å². The van der Waals surface area contributed by atoms with Crippen molar-refractivity contribution < 1.29 is 17.9 Å². The fourth-order valence-corrected chi connectivity index (χ4v) is 5.92. The monoisotopic (exact) mass is 493 g/mol. The number of hydrogen-bond donors (Lipinski definition) is 1. The number of sulfonamides is 1. The van der Waals surface area contributed by atoms with Gasteiger partial charge in [-0.05, 0) is 49.2 Å². The second-order valence-corrected chi connectivity index (χ2v) is 10.3. The summed E-state index contributed by atoms with van der Waals surface area (Å²) < 4.78 is 32.9. The molecule has 0 bridgehead atoms. The highest BCUT2D eigenvalue weighted by Gasteiger charge is 2.27. The van der Waals surface area contributed by atoms with E-state index in [-0.39, 0.29) is 16.2 Å². The summed E-state index contributed by atoms with van der Waals surface area (Å²) in [6.07, 6.45) is 4.59. The number of rotatable bonds is 8. The van der Waals surface area contributed by atoms with Gasteiger partial charge in [-0.15, -0.1) is 0 Å². The number of hydrogen-bond acceptors (Lipinski definition) is 5. The number of methoxy groups -OCH3 is 1. The molecule has 1 aliphatic rings. The lowest BCUT2D eigenvalue weighted by Gasteiger charge is -2.26. The Labute approximate surface area is 201 Å². The van der Waals surface area contributed by atoms with Crippen molar-refractivity contribution in [3.05, 3.63) is 47.0 Å². The molecule has 3 rings (SSSR count). The summed E-state index contributed by atoms with van der Waals surface area (Å²) in [4.78, 5) is 15.4. The lowest BCUT2D eigenvalue weighted by molar-refractivity contribution is 0.102. The second kappa shape index (κ2) is 11.2. The summed E-state index contributed by atoms with van der Waals surface area (Å²) >= 11 is 6.24. The number of benzene rings is 2. The third-order valence-electron chi connectivity index (χ3n) is 5.90. The molecule has 1 aliphatic heterocycles. The Balaban J connectivity index is 1.95. The number of nitrogens with zero attached hydrogens (tertiary/aromatic N) is 2. The van der Waals surface area contributed by atoms with Gasteiger partial charge in [0.2, 0.25) is 10.0 Å². The summed E-state index contributed by atoms with van der Waals surface area (Å²) in [5.41, 5.74) is 1.75. The van der Waals surface area contributed by atoms with Crippen LogP contribution in [0.15, 0.2) is 41.3 Å². The van der Waals surface area contributed by atoms with Crippen LogP contribution in [0, 0.1) is 0 Å². The number of halogens is 1. The minimum absolute atomic E-state index is 0.0276. The molecule has 0 saturated carbocycles. The van der Waals surface area contributed by atoms with E-state index in [1.807, 2.05) is 12.1 Å². The zero-order valence-corrected chi connectivity index (χ0v) is 21.0. The summed E-state index contributed by atoms with van der Waals surface area (Å²) in [5, 5.41) is 3.46. The SMILES string of the molecule is CCN(CC)S(=O)(=O)c1cc(C(=O)Nc2cc(Cl)ccc2N2CCCCCC2)ccc1OC. The highest BCUT2D eigenvalue weighted by molar-refractivity contribution is 7.89. The first-order valence-corrected chi connectivity index (χ1v) is 13.2. The fraction of sp³-hybridized carbons (Fsp3) is 0.458. The Morgan fingerprint density at radius 1 is 1.06 bits per heavy atom. The van der Waals surface area contributed by atoms with Crippen LogP contribution in [0.5, 0.6) is 5.75 Å². The number of carbonyl (C=O) groups excluding carboxylic acids is 1. The van der Waals surface area contributed by atoms with E-state index in [2.05, 4.69) is 10.2 Å². The zero-order valence-electron chi connectivity index (χ0n) is 19.4. The van der Waals surface area contributed by atoms with Crippen molar-refractivity contribution in [2.75, 3.05) is 43.5 Å². The quantitative estimate of drug-likeness (QED) is 0.559. The van der Waals surface area contributed by atoms with E-state index < -0.39 is 15.9 Å². The standard InChI is InChI=1S/C24H32ClN3O4S/c1-4-28(5-2)33(30,31)23-16-18(10-13-22(23)32-3)24(29)26-20-17-19(25)11-12-21(20)27-14-8-6-7-9-15-27/h10-13,16-17H,4-9,14-15H2,1-3H3,(H,26,29). The fourth-order valence-electron chi connectivity index (χ4n) is 4.11. The maximum absolute atomic E-state index is 13.2. The van der Waals surface area contributed by atoms with Gasteiger partial charge in [0.15, 0.2) is 0 Å². The van der Waals surface area contributed by atoms with Gasteiger partial charge in [0.05, 0.1) is 18.5 Å². The van der Waals surface area contributed by atoms with Crippen LogP contribution < -0.4 is 15.0 Å². The van der Waals surface area contributed by atoms with Crippen molar-refractivity contribution in [3.8, 4) is 5.75 Å². The lowest BCUT2D eigenvalue weighted by Crippen LogP contribution is -2.31. The van der Waals surface area contributed by atoms with Crippen LogP contribution in [0.25, 0.3) is 0 Å². The summed E-state index contributed by atoms with van der Waals surface area (Å²) in [7, 11) is -2.40. The van der Waals surface area contributed by atoms with Gasteiger partial charge >= 0.3 is 0 Å². The van der Waals surface area contributed by atoms with E-state index in [4.69, 9.17) is 16.3 Å². The molecule has 33 heavy (non-hydrogen) atoms. The molecular formula is C24H32ClN3O4S. The highest BCUT2D eigenvalue weighted by Crippen LogP contribution is 2.32. The minimum Gasteiger partial charge on any atom is -0.495 e. The lowest BCUT2D eigenvalue weighted by atomic mass is 10.1. The van der Waals surface area contributed by atoms with Crippen LogP contribution in [0.4, 0.5) is 11.4 Å². The molecule has 0 unspecified atom stereocenters. The van der Waals surface area contributed by atoms with Crippen molar-refractivity contribution in [1.29, 1.82) is 0 Å². The highest BCUT2D eigenvalue weighted by atomic mass is 35.5. The van der Waals surface area contributed by atoms with Gasteiger partial charge < -0.3 is 15.0 Å². The number of amides is 1. The predicted molar refractivity (Wildman–Crippen MR) is 133 cm³/mol. The number of anilines is 2. The van der Waals surface area contributed by atoms with Gasteiger partial charge in [-0.25, -0.2) is 8.42 Å². The van der Waals surface area contributed by atoms with E-state index in [0.29, 0.717) is 23.8 Å². The van der Waals surface area contributed by atoms with Crippen LogP contribution in [-0.4, -0.2) is 51.9 Å². The van der Waals surface area contributed by atoms with Crippen LogP contribution in [0.1, 0.15) is 49.9 Å². The van der Waals surface area contributed by atoms with Crippen LogP contribution in [0.3, 0.4) is 0 Å². The first-order chi connectivity index (χ1) is 15.8. The Morgan fingerprint density at radius 3 is 2.33 bits per heavy atom. The summed E-state index contributed by atoms with van der Waals surface area (Å²) in [6.45, 7) is 6.01. The molecule has 9 heteroatoms. The molecule has 180 valence electrons. The van der Waals surface area contributed by atoms with Crippen molar-refractivity contribution in [2.24, 2.45) is 0 Å². The third kappa shape index (κ3) is 5.80. The van der Waals surface area contributed by atoms with Crippen molar-refractivity contribution >= 4 is 38.9 Å². The van der Waals surface area contributed by atoms with Gasteiger partial charge in [0.25, 0.3) is 5.91 Å². The summed E-state index contributed by atoms with van der Waals surface area (Å²) in [6, 6.07) is 9.92. The molecule has 0 atom stereocenters. The van der Waals surface area contributed by atoms with Crippen molar-refractivity contribution in [2.45, 2.75) is 44.4 Å². The molecule has 1 heterocycles. The van der Waals surface area contributed by atoms with Gasteiger partial charge in [-0.1, -0.05) is 38.3 Å². The van der Waals surface area contributed by atoms with E-state index in [1.54, 1.807) is 26.0 Å². The maximum atomic E-state index is 13.2. The maximum Gasteiger partial charge on any atom is 0.255 e. The number of ether oxygens (including phenoxy) is 1. The zero-order chi connectivity index (χ0) is 24.0. The van der Waals surface area contributed by atoms with Gasteiger partial charge in [-0.3, -0.25) is 4.79 Å². The van der Waals surface area contributed by atoms with E-state index in [0.717, 1.165) is 31.6 Å². The van der Waals surface area contributed by atoms with Gasteiger partial charge in [-0.2, -0.15) is 4.31 Å². The average Bonchev–Trinajstić information content (AvgIpc) is 3.09. The third-order valence-corrected chi connectivity index (χ3v) is 8.21. The first-order valence-electron chi connectivity index (χ1n) is 11.4. The molecule has 0 aromatic heterocycles. The Morgan fingerprint density at radius 2 is 1.73 bits per heavy atom. The first kappa shape index (κ1) is 25.3. The second-order valence-electron chi connectivity index (χ2n) is 7.97. The average molecular weight is 494 g/mol. The number of nitrogens with one attached hydrogen (secondary N) is 1. The molecule has 7 nitrogen and oxygen atoms in total. The molecule has 0 radical (unpaired) electrons. The van der Waals surface area contributed by atoms with Crippen LogP contribution >= 0.6 is 11.6 Å². The summed E-state index contributed by atoms with van der Waals surface area (Å²) in [5.74, 6) is -0.210. The molecular weight excluding hydrogens is 462 g/mol. The molecule has 0 aliphatic carbocycles. The van der Waals surface area contributed by atoms with Gasteiger partial charge in [0.1, 0.15) is 10.6 Å². The van der Waals surface area contributed by atoms with Crippen LogP contribution in [0.2, 0.25) is 5.02 Å². The number of carbonyl (C=O) groups is 1. The van der Waals surface area contributed by atoms with Crippen molar-refractivity contribution in [1.82, 2.24) is 4.31 Å².